The molecule has 0 saturated heterocycles. The summed E-state index contributed by atoms with van der Waals surface area (Å²) >= 11 is 0. The first-order chi connectivity index (χ1) is 15.5. The minimum atomic E-state index is -0.379. The first-order valence-corrected chi connectivity index (χ1v) is 11.7. The fourth-order valence-electron chi connectivity index (χ4n) is 4.61. The molecule has 1 fully saturated rings. The van der Waals surface area contributed by atoms with Gasteiger partial charge in [-0.05, 0) is 69.2 Å². The van der Waals surface area contributed by atoms with Gasteiger partial charge in [0.15, 0.2) is 0 Å². The minimum absolute atomic E-state index is 0.0449. The number of fused-ring (bicyclic) bond motifs is 1. The van der Waals surface area contributed by atoms with Gasteiger partial charge in [-0.15, -0.1) is 0 Å². The molecular formula is C30H40O3. The number of carbonyl (C=O) groups is 1. The predicted octanol–water partition coefficient (Wildman–Crippen LogP) is 6.90. The molecule has 0 bridgehead atoms. The zero-order valence-corrected chi connectivity index (χ0v) is 21.3. The van der Waals surface area contributed by atoms with Crippen LogP contribution in [0, 0.1) is 5.41 Å². The van der Waals surface area contributed by atoms with Crippen LogP contribution in [0.1, 0.15) is 61.3 Å². The van der Waals surface area contributed by atoms with Gasteiger partial charge >= 0.3 is 0 Å². The van der Waals surface area contributed by atoms with Crippen LogP contribution in [0.25, 0.3) is 0 Å². The Morgan fingerprint density at radius 3 is 2.00 bits per heavy atom. The Hall–Kier alpha value is -2.49. The van der Waals surface area contributed by atoms with Crippen molar-refractivity contribution in [2.45, 2.75) is 79.1 Å². The lowest BCUT2D eigenvalue weighted by Gasteiger charge is -2.44. The number of aliphatic hydroxyl groups is 1. The average Bonchev–Trinajstić information content (AvgIpc) is 3.08. The Bertz CT molecular complexity index is 963. The van der Waals surface area contributed by atoms with Gasteiger partial charge in [-0.25, -0.2) is 0 Å². The topological polar surface area (TPSA) is 46.5 Å². The van der Waals surface area contributed by atoms with Crippen molar-refractivity contribution in [1.82, 2.24) is 0 Å². The third-order valence-electron chi connectivity index (χ3n) is 6.28. The molecule has 1 aliphatic heterocycles. The van der Waals surface area contributed by atoms with Gasteiger partial charge in [-0.1, -0.05) is 85.8 Å². The van der Waals surface area contributed by atoms with Crippen LogP contribution in [-0.2, 0) is 9.53 Å². The Morgan fingerprint density at radius 1 is 0.879 bits per heavy atom. The molecule has 3 unspecified atom stereocenters. The van der Waals surface area contributed by atoms with E-state index in [0.717, 1.165) is 29.4 Å². The zero-order valence-electron chi connectivity index (χ0n) is 21.3. The lowest BCUT2D eigenvalue weighted by atomic mass is 9.65. The van der Waals surface area contributed by atoms with Gasteiger partial charge in [-0.2, -0.15) is 0 Å². The quantitative estimate of drug-likeness (QED) is 0.190. The molecule has 0 radical (unpaired) electrons. The van der Waals surface area contributed by atoms with Crippen molar-refractivity contribution in [3.05, 3.63) is 94.7 Å². The molecule has 0 aromatic rings. The second-order valence-corrected chi connectivity index (χ2v) is 10.2. The van der Waals surface area contributed by atoms with Gasteiger partial charge in [0, 0.05) is 6.42 Å². The summed E-state index contributed by atoms with van der Waals surface area (Å²) in [6.45, 7) is 14.5. The standard InChI is InChI=1S/C30H40O3/c1-22(14-10-16-24(3)21-31)12-8-9-13-23(2)15-11-17-25(4)27-18-28-29(5,6)19-26(32)20-30(28,7)33-27/h8-18,21,26-27,32H,19-20H2,1-7H3/b9-8+,14-10+,15-11+,22-12+,23-13+,24-16-,25-17-. The predicted molar refractivity (Wildman–Crippen MR) is 139 cm³/mol. The van der Waals surface area contributed by atoms with Gasteiger partial charge < -0.3 is 9.84 Å². The summed E-state index contributed by atoms with van der Waals surface area (Å²) in [5.74, 6) is 0. The number of rotatable bonds is 8. The molecule has 2 rings (SSSR count). The zero-order chi connectivity index (χ0) is 24.6. The monoisotopic (exact) mass is 448 g/mol. The van der Waals surface area contributed by atoms with E-state index in [1.54, 1.807) is 13.0 Å². The molecule has 0 amide bonds. The van der Waals surface area contributed by atoms with E-state index in [1.807, 2.05) is 37.3 Å². The summed E-state index contributed by atoms with van der Waals surface area (Å²) in [6, 6.07) is 0. The first kappa shape index (κ1) is 26.8. The van der Waals surface area contributed by atoms with Crippen molar-refractivity contribution in [3.63, 3.8) is 0 Å². The Morgan fingerprint density at radius 2 is 1.42 bits per heavy atom. The van der Waals surface area contributed by atoms with Gasteiger partial charge in [-0.3, -0.25) is 4.79 Å². The van der Waals surface area contributed by atoms with E-state index in [0.29, 0.717) is 12.0 Å². The molecule has 1 heterocycles. The van der Waals surface area contributed by atoms with Crippen LogP contribution in [0.3, 0.4) is 0 Å². The molecule has 0 spiro atoms. The van der Waals surface area contributed by atoms with Crippen LogP contribution in [-0.4, -0.2) is 29.2 Å². The number of aliphatic hydroxyl groups excluding tert-OH is 1. The summed E-state index contributed by atoms with van der Waals surface area (Å²) in [6.07, 6.45) is 24.2. The Labute approximate surface area is 200 Å². The maximum absolute atomic E-state index is 10.6. The summed E-state index contributed by atoms with van der Waals surface area (Å²) < 4.78 is 6.41. The highest BCUT2D eigenvalue weighted by molar-refractivity contribution is 5.72. The third-order valence-corrected chi connectivity index (χ3v) is 6.28. The van der Waals surface area contributed by atoms with Crippen molar-refractivity contribution < 1.29 is 14.6 Å². The van der Waals surface area contributed by atoms with E-state index in [9.17, 15) is 9.90 Å². The smallest absolute Gasteiger partial charge is 0.145 e. The van der Waals surface area contributed by atoms with Crippen LogP contribution in [0.5, 0.6) is 0 Å². The number of carbonyl (C=O) groups excluding carboxylic acids is 1. The fourth-order valence-corrected chi connectivity index (χ4v) is 4.61. The molecule has 3 atom stereocenters. The number of hydrogen-bond acceptors (Lipinski definition) is 3. The SMILES string of the molecule is C/C(C=O)=C/C=C/C(C)=C/C=C/C=C(C)/C=C/C=C(/C)C1C=C2C(C)(C)CC(O)CC2(C)O1. The van der Waals surface area contributed by atoms with E-state index in [2.05, 4.69) is 65.0 Å². The molecule has 1 aliphatic carbocycles. The average molecular weight is 449 g/mol. The molecular weight excluding hydrogens is 408 g/mol. The van der Waals surface area contributed by atoms with Gasteiger partial charge in [0.2, 0.25) is 0 Å². The van der Waals surface area contributed by atoms with Crippen molar-refractivity contribution in [2.24, 2.45) is 5.41 Å². The van der Waals surface area contributed by atoms with Crippen LogP contribution < -0.4 is 0 Å². The second-order valence-electron chi connectivity index (χ2n) is 10.2. The van der Waals surface area contributed by atoms with Crippen LogP contribution in [0.2, 0.25) is 0 Å². The summed E-state index contributed by atoms with van der Waals surface area (Å²) in [5, 5.41) is 10.3. The van der Waals surface area contributed by atoms with Crippen molar-refractivity contribution in [3.8, 4) is 0 Å². The maximum atomic E-state index is 10.6. The van der Waals surface area contributed by atoms with Crippen LogP contribution in [0.15, 0.2) is 94.7 Å². The van der Waals surface area contributed by atoms with Crippen molar-refractivity contribution in [1.29, 1.82) is 0 Å². The molecule has 1 saturated carbocycles. The van der Waals surface area contributed by atoms with E-state index < -0.39 is 0 Å². The molecule has 3 nitrogen and oxygen atoms in total. The Balaban J connectivity index is 1.97. The van der Waals surface area contributed by atoms with Gasteiger partial charge in [0.05, 0.1) is 17.8 Å². The van der Waals surface area contributed by atoms with Crippen LogP contribution >= 0.6 is 0 Å². The largest absolute Gasteiger partial charge is 0.393 e. The van der Waals surface area contributed by atoms with Gasteiger partial charge in [0.1, 0.15) is 6.29 Å². The molecule has 3 heteroatoms. The molecule has 2 aliphatic rings. The lowest BCUT2D eigenvalue weighted by Crippen LogP contribution is -2.45. The maximum Gasteiger partial charge on any atom is 0.145 e. The van der Waals surface area contributed by atoms with E-state index in [-0.39, 0.29) is 23.2 Å². The number of aldehydes is 1. The summed E-state index contributed by atoms with van der Waals surface area (Å²) in [4.78, 5) is 10.6. The van der Waals surface area contributed by atoms with E-state index in [1.165, 1.54) is 5.57 Å². The van der Waals surface area contributed by atoms with Crippen molar-refractivity contribution >= 4 is 6.29 Å². The fraction of sp³-hybridized carbons (Fsp3) is 0.433. The highest BCUT2D eigenvalue weighted by Crippen LogP contribution is 2.51. The molecule has 0 aromatic heterocycles. The Kier molecular flexibility index (Phi) is 9.39. The molecule has 1 N–H and O–H groups in total. The highest BCUT2D eigenvalue weighted by atomic mass is 16.5. The first-order valence-electron chi connectivity index (χ1n) is 11.7. The number of allylic oxidation sites excluding steroid dienone is 13. The normalized spacial score (nSPS) is 29.3. The molecule has 0 aromatic carbocycles. The highest BCUT2D eigenvalue weighted by Gasteiger charge is 2.50. The van der Waals surface area contributed by atoms with Gasteiger partial charge in [0.25, 0.3) is 0 Å². The minimum Gasteiger partial charge on any atom is -0.393 e. The third kappa shape index (κ3) is 7.80. The lowest BCUT2D eigenvalue weighted by molar-refractivity contribution is -0.104. The van der Waals surface area contributed by atoms with Crippen LogP contribution in [0.4, 0.5) is 0 Å². The van der Waals surface area contributed by atoms with E-state index >= 15 is 0 Å². The van der Waals surface area contributed by atoms with E-state index in [4.69, 9.17) is 4.74 Å². The van der Waals surface area contributed by atoms with Crippen molar-refractivity contribution in [2.75, 3.05) is 0 Å². The summed E-state index contributed by atoms with van der Waals surface area (Å²) in [5.41, 5.74) is 5.01. The number of hydrogen-bond donors (Lipinski definition) is 1. The second kappa shape index (κ2) is 11.6. The molecule has 178 valence electrons. The molecule has 33 heavy (non-hydrogen) atoms. The summed E-state index contributed by atoms with van der Waals surface area (Å²) in [7, 11) is 0. The number of ether oxygens (including phenoxy) is 1.